The molecule has 0 saturated carbocycles. The molecule has 2 aromatic rings. The molecule has 2 aromatic heterocycles. The Morgan fingerprint density at radius 2 is 2.33 bits per heavy atom. The first-order chi connectivity index (χ1) is 7.40. The van der Waals surface area contributed by atoms with Crippen molar-refractivity contribution in [3.63, 3.8) is 0 Å². The number of alkyl halides is 1. The van der Waals surface area contributed by atoms with Crippen LogP contribution < -0.4 is 0 Å². The van der Waals surface area contributed by atoms with Gasteiger partial charge in [0.1, 0.15) is 0 Å². The van der Waals surface area contributed by atoms with Crippen LogP contribution in [-0.4, -0.2) is 21.6 Å². The quantitative estimate of drug-likeness (QED) is 0.616. The first-order valence-corrected chi connectivity index (χ1v) is 6.08. The van der Waals surface area contributed by atoms with Crippen LogP contribution in [0, 0.1) is 0 Å². The third-order valence-corrected chi connectivity index (χ3v) is 2.72. The molecule has 0 saturated heterocycles. The molecule has 0 radical (unpaired) electrons. The molecule has 0 N–H and O–H groups in total. The number of hydrogen-bond acceptors (Lipinski definition) is 2. The molecule has 2 rings (SSSR count). The van der Waals surface area contributed by atoms with E-state index in [0.29, 0.717) is 6.61 Å². The van der Waals surface area contributed by atoms with Crippen molar-refractivity contribution in [1.29, 1.82) is 0 Å². The summed E-state index contributed by atoms with van der Waals surface area (Å²) in [6, 6.07) is 6.12. The molecule has 80 valence electrons. The first-order valence-electron chi connectivity index (χ1n) is 4.96. The molecule has 0 aromatic carbocycles. The van der Waals surface area contributed by atoms with Gasteiger partial charge in [-0.3, -0.25) is 0 Å². The van der Waals surface area contributed by atoms with Crippen molar-refractivity contribution in [2.75, 3.05) is 11.9 Å². The number of hydrogen-bond donors (Lipinski definition) is 0. The van der Waals surface area contributed by atoms with Crippen LogP contribution in [0.15, 0.2) is 30.6 Å². The molecule has 2 heterocycles. The lowest BCUT2D eigenvalue weighted by molar-refractivity contribution is 0.122. The van der Waals surface area contributed by atoms with E-state index in [1.807, 2.05) is 22.8 Å². The Balaban J connectivity index is 1.96. The largest absolute Gasteiger partial charge is 0.377 e. The normalized spacial score (nSPS) is 11.0. The molecule has 0 fully saturated rings. The van der Waals surface area contributed by atoms with E-state index in [0.717, 1.165) is 23.9 Å². The monoisotopic (exact) mass is 268 g/mol. The predicted molar refractivity (Wildman–Crippen MR) is 63.3 cm³/mol. The summed E-state index contributed by atoms with van der Waals surface area (Å²) in [6.45, 7) is 1.48. The second-order valence-corrected chi connectivity index (χ2v) is 4.12. The van der Waals surface area contributed by atoms with Gasteiger partial charge in [-0.1, -0.05) is 15.9 Å². The summed E-state index contributed by atoms with van der Waals surface area (Å²) in [5.74, 6) is 0. The van der Waals surface area contributed by atoms with E-state index >= 15 is 0 Å². The van der Waals surface area contributed by atoms with E-state index < -0.39 is 0 Å². The van der Waals surface area contributed by atoms with E-state index in [1.165, 1.54) is 5.56 Å². The summed E-state index contributed by atoms with van der Waals surface area (Å²) >= 11 is 3.37. The van der Waals surface area contributed by atoms with E-state index in [2.05, 4.69) is 27.1 Å². The number of rotatable bonds is 5. The second-order valence-electron chi connectivity index (χ2n) is 3.33. The van der Waals surface area contributed by atoms with E-state index in [1.54, 1.807) is 6.20 Å². The number of nitrogens with zero attached hydrogens (tertiary/aromatic N) is 2. The van der Waals surface area contributed by atoms with Crippen molar-refractivity contribution < 1.29 is 4.74 Å². The van der Waals surface area contributed by atoms with Crippen molar-refractivity contribution >= 4 is 21.4 Å². The molecule has 3 nitrogen and oxygen atoms in total. The van der Waals surface area contributed by atoms with Gasteiger partial charge in [-0.2, -0.15) is 5.10 Å². The lowest BCUT2D eigenvalue weighted by atomic mass is 10.2. The highest BCUT2D eigenvalue weighted by Crippen LogP contribution is 2.07. The van der Waals surface area contributed by atoms with Crippen LogP contribution in [0.4, 0.5) is 0 Å². The zero-order chi connectivity index (χ0) is 10.5. The molecule has 0 aliphatic rings. The molecule has 0 amide bonds. The molecule has 0 atom stereocenters. The Hall–Kier alpha value is -0.870. The van der Waals surface area contributed by atoms with Gasteiger partial charge in [0, 0.05) is 24.3 Å². The van der Waals surface area contributed by atoms with Gasteiger partial charge < -0.3 is 4.74 Å². The zero-order valence-electron chi connectivity index (χ0n) is 8.40. The Bertz CT molecular complexity index is 427. The van der Waals surface area contributed by atoms with Gasteiger partial charge in [-0.25, -0.2) is 4.52 Å². The topological polar surface area (TPSA) is 26.5 Å². The van der Waals surface area contributed by atoms with E-state index in [-0.39, 0.29) is 0 Å². The van der Waals surface area contributed by atoms with Gasteiger partial charge in [0.05, 0.1) is 12.1 Å². The zero-order valence-corrected chi connectivity index (χ0v) is 9.98. The number of halogens is 1. The molecule has 4 heteroatoms. The van der Waals surface area contributed by atoms with Crippen LogP contribution in [0.5, 0.6) is 0 Å². The van der Waals surface area contributed by atoms with Gasteiger partial charge >= 0.3 is 0 Å². The highest BCUT2D eigenvalue weighted by atomic mass is 79.9. The number of aromatic nitrogens is 2. The van der Waals surface area contributed by atoms with Crippen LogP contribution in [-0.2, 0) is 11.3 Å². The molecule has 0 spiro atoms. The third kappa shape index (κ3) is 2.79. The minimum atomic E-state index is 0.675. The van der Waals surface area contributed by atoms with E-state index in [9.17, 15) is 0 Å². The SMILES string of the molecule is BrCCCOCc1ccn2nccc2c1. The number of pyridine rings is 1. The Kier molecular flexibility index (Phi) is 3.75. The fourth-order valence-corrected chi connectivity index (χ4v) is 1.63. The fourth-order valence-electron chi connectivity index (χ4n) is 1.40. The highest BCUT2D eigenvalue weighted by Gasteiger charge is 1.96. The summed E-state index contributed by atoms with van der Waals surface area (Å²) in [5, 5.41) is 5.13. The summed E-state index contributed by atoms with van der Waals surface area (Å²) in [7, 11) is 0. The average Bonchev–Trinajstić information content (AvgIpc) is 2.71. The van der Waals surface area contributed by atoms with Gasteiger partial charge in [-0.05, 0) is 30.2 Å². The van der Waals surface area contributed by atoms with Crippen molar-refractivity contribution in [2.24, 2.45) is 0 Å². The fraction of sp³-hybridized carbons (Fsp3) is 0.364. The summed E-state index contributed by atoms with van der Waals surface area (Å²) < 4.78 is 7.38. The summed E-state index contributed by atoms with van der Waals surface area (Å²) in [5.41, 5.74) is 2.30. The van der Waals surface area contributed by atoms with Crippen molar-refractivity contribution in [1.82, 2.24) is 9.61 Å². The molecule has 0 unspecified atom stereocenters. The third-order valence-electron chi connectivity index (χ3n) is 2.16. The lowest BCUT2D eigenvalue weighted by Gasteiger charge is -2.03. The smallest absolute Gasteiger partial charge is 0.0718 e. The number of fused-ring (bicyclic) bond motifs is 1. The molecule has 0 aliphatic carbocycles. The van der Waals surface area contributed by atoms with Gasteiger partial charge in [0.2, 0.25) is 0 Å². The van der Waals surface area contributed by atoms with Gasteiger partial charge in [0.15, 0.2) is 0 Å². The molecular weight excluding hydrogens is 256 g/mol. The second kappa shape index (κ2) is 5.28. The van der Waals surface area contributed by atoms with Crippen molar-refractivity contribution in [3.05, 3.63) is 36.2 Å². The minimum absolute atomic E-state index is 0.675. The summed E-state index contributed by atoms with van der Waals surface area (Å²) in [6.07, 6.45) is 4.80. The van der Waals surface area contributed by atoms with Crippen LogP contribution in [0.1, 0.15) is 12.0 Å². The van der Waals surface area contributed by atoms with Crippen molar-refractivity contribution in [3.8, 4) is 0 Å². The van der Waals surface area contributed by atoms with E-state index in [4.69, 9.17) is 4.74 Å². The van der Waals surface area contributed by atoms with Gasteiger partial charge in [0.25, 0.3) is 0 Å². The maximum absolute atomic E-state index is 5.53. The summed E-state index contributed by atoms with van der Waals surface area (Å²) in [4.78, 5) is 0. The van der Waals surface area contributed by atoms with Gasteiger partial charge in [-0.15, -0.1) is 0 Å². The van der Waals surface area contributed by atoms with Crippen LogP contribution >= 0.6 is 15.9 Å². The van der Waals surface area contributed by atoms with Crippen LogP contribution in [0.25, 0.3) is 5.52 Å². The number of ether oxygens (including phenoxy) is 1. The lowest BCUT2D eigenvalue weighted by Crippen LogP contribution is -1.97. The highest BCUT2D eigenvalue weighted by molar-refractivity contribution is 9.09. The predicted octanol–water partition coefficient (Wildman–Crippen LogP) is 2.64. The first kappa shape index (κ1) is 10.6. The molecule has 0 bridgehead atoms. The Labute approximate surface area is 97.2 Å². The Morgan fingerprint density at radius 1 is 1.40 bits per heavy atom. The van der Waals surface area contributed by atoms with Crippen LogP contribution in [0.3, 0.4) is 0 Å². The standard InChI is InChI=1S/C11H13BrN2O/c12-4-1-7-15-9-10-3-6-14-11(8-10)2-5-13-14/h2-3,5-6,8H,1,4,7,9H2. The maximum atomic E-state index is 5.53. The Morgan fingerprint density at radius 3 is 3.20 bits per heavy atom. The van der Waals surface area contributed by atoms with Crippen molar-refractivity contribution in [2.45, 2.75) is 13.0 Å². The molecule has 15 heavy (non-hydrogen) atoms. The van der Waals surface area contributed by atoms with Crippen LogP contribution in [0.2, 0.25) is 0 Å². The maximum Gasteiger partial charge on any atom is 0.0718 e. The minimum Gasteiger partial charge on any atom is -0.377 e. The molecule has 0 aliphatic heterocycles. The molecular formula is C11H13BrN2O. The average molecular weight is 269 g/mol.